The molecule has 1 aromatic heterocycles. The van der Waals surface area contributed by atoms with E-state index >= 15 is 0 Å². The molecule has 0 fully saturated rings. The number of rotatable bonds is 4. The Bertz CT molecular complexity index is 831. The monoisotopic (exact) mass is 324 g/mol. The number of hydrogen-bond acceptors (Lipinski definition) is 4. The number of aromatic nitrogens is 2. The van der Waals surface area contributed by atoms with Gasteiger partial charge in [0.1, 0.15) is 0 Å². The number of primary amides is 1. The molecule has 0 spiro atoms. The van der Waals surface area contributed by atoms with E-state index in [1.165, 1.54) is 10.6 Å². The molecule has 116 valence electrons. The number of carbonyl (C=O) groups excluding carboxylic acids is 1. The van der Waals surface area contributed by atoms with Crippen LogP contribution in [-0.4, -0.2) is 26.7 Å². The molecular weight excluding hydrogens is 312 g/mol. The molecular formula is C13H13ClN4O4. The number of nitrogens with two attached hydrogens (primary N) is 1. The number of carboxylic acids is 1. The highest BCUT2D eigenvalue weighted by molar-refractivity contribution is 6.34. The Kier molecular flexibility index (Phi) is 4.32. The zero-order valence-corrected chi connectivity index (χ0v) is 12.3. The quantitative estimate of drug-likeness (QED) is 0.781. The van der Waals surface area contributed by atoms with Crippen LogP contribution in [0.25, 0.3) is 10.9 Å². The average molecular weight is 325 g/mol. The summed E-state index contributed by atoms with van der Waals surface area (Å²) in [7, 11) is 0. The maximum Gasteiger partial charge on any atom is 0.348 e. The highest BCUT2D eigenvalue weighted by Gasteiger charge is 2.13. The van der Waals surface area contributed by atoms with Gasteiger partial charge in [-0.3, -0.25) is 9.36 Å². The van der Waals surface area contributed by atoms with Crippen molar-refractivity contribution in [3.05, 3.63) is 33.3 Å². The Hall–Kier alpha value is -2.61. The van der Waals surface area contributed by atoms with Gasteiger partial charge >= 0.3 is 17.7 Å². The Morgan fingerprint density at radius 3 is 2.73 bits per heavy atom. The third kappa shape index (κ3) is 3.17. The number of carbonyl (C=O) groups is 2. The second kappa shape index (κ2) is 6.02. The fourth-order valence-corrected chi connectivity index (χ4v) is 2.30. The molecule has 0 aliphatic rings. The van der Waals surface area contributed by atoms with E-state index in [9.17, 15) is 14.4 Å². The summed E-state index contributed by atoms with van der Waals surface area (Å²) in [4.78, 5) is 37.5. The highest BCUT2D eigenvalue weighted by Crippen LogP contribution is 2.28. The molecule has 8 nitrogen and oxygen atoms in total. The van der Waals surface area contributed by atoms with E-state index in [0.717, 1.165) is 0 Å². The number of urea groups is 1. The van der Waals surface area contributed by atoms with E-state index in [4.69, 9.17) is 22.4 Å². The van der Waals surface area contributed by atoms with Crippen molar-refractivity contribution >= 4 is 40.2 Å². The normalized spacial score (nSPS) is 10.6. The summed E-state index contributed by atoms with van der Waals surface area (Å²) in [6.07, 6.45) is -0.224. The number of halogens is 1. The third-order valence-corrected chi connectivity index (χ3v) is 3.38. The number of aryl methyl sites for hydroxylation is 2. The standard InChI is InChI=1S/C13H13ClN4O4/c1-6-7-4-9(17-12(15)21)8(14)5-10(7)18(13(22)16-6)3-2-11(19)20/h4-5H,2-3H2,1H3,(H,19,20)(H3,15,17,21). The largest absolute Gasteiger partial charge is 0.481 e. The van der Waals surface area contributed by atoms with E-state index in [0.29, 0.717) is 16.6 Å². The molecule has 22 heavy (non-hydrogen) atoms. The van der Waals surface area contributed by atoms with Crippen LogP contribution in [0.1, 0.15) is 12.1 Å². The predicted octanol–water partition coefficient (Wildman–Crippen LogP) is 1.32. The van der Waals surface area contributed by atoms with Gasteiger partial charge in [-0.15, -0.1) is 0 Å². The van der Waals surface area contributed by atoms with Crippen LogP contribution < -0.4 is 16.7 Å². The zero-order chi connectivity index (χ0) is 16.4. The first-order valence-corrected chi connectivity index (χ1v) is 6.66. The second-order valence-electron chi connectivity index (χ2n) is 4.61. The molecule has 0 unspecified atom stereocenters. The lowest BCUT2D eigenvalue weighted by Crippen LogP contribution is -2.25. The van der Waals surface area contributed by atoms with Gasteiger partial charge in [0.2, 0.25) is 0 Å². The number of benzene rings is 1. The van der Waals surface area contributed by atoms with Crippen LogP contribution >= 0.6 is 11.6 Å². The summed E-state index contributed by atoms with van der Waals surface area (Å²) in [5.74, 6) is -1.03. The first-order valence-electron chi connectivity index (χ1n) is 6.28. The van der Waals surface area contributed by atoms with Gasteiger partial charge in [0.25, 0.3) is 0 Å². The van der Waals surface area contributed by atoms with Crippen LogP contribution in [0.3, 0.4) is 0 Å². The van der Waals surface area contributed by atoms with Gasteiger partial charge in [0.15, 0.2) is 0 Å². The maximum atomic E-state index is 12.0. The Balaban J connectivity index is 2.66. The van der Waals surface area contributed by atoms with Crippen molar-refractivity contribution in [2.45, 2.75) is 19.9 Å². The van der Waals surface area contributed by atoms with E-state index in [1.54, 1.807) is 13.0 Å². The number of fused-ring (bicyclic) bond motifs is 1. The van der Waals surface area contributed by atoms with Crippen LogP contribution in [0.2, 0.25) is 5.02 Å². The van der Waals surface area contributed by atoms with Crippen molar-refractivity contribution in [2.24, 2.45) is 5.73 Å². The first-order chi connectivity index (χ1) is 10.3. The molecule has 2 rings (SSSR count). The van der Waals surface area contributed by atoms with Gasteiger partial charge in [-0.1, -0.05) is 11.6 Å². The molecule has 2 amide bonds. The van der Waals surface area contributed by atoms with Gasteiger partial charge in [-0.2, -0.15) is 4.98 Å². The van der Waals surface area contributed by atoms with Crippen LogP contribution in [0.4, 0.5) is 10.5 Å². The predicted molar refractivity (Wildman–Crippen MR) is 81.2 cm³/mol. The molecule has 0 saturated heterocycles. The van der Waals surface area contributed by atoms with Gasteiger partial charge in [0.05, 0.1) is 28.3 Å². The van der Waals surface area contributed by atoms with Crippen molar-refractivity contribution in [1.82, 2.24) is 9.55 Å². The van der Waals surface area contributed by atoms with Crippen molar-refractivity contribution < 1.29 is 14.7 Å². The minimum atomic E-state index is -1.03. The maximum absolute atomic E-state index is 12.0. The van der Waals surface area contributed by atoms with Crippen molar-refractivity contribution in [3.63, 3.8) is 0 Å². The van der Waals surface area contributed by atoms with Crippen molar-refractivity contribution in [3.8, 4) is 0 Å². The fourth-order valence-electron chi connectivity index (χ4n) is 2.10. The van der Waals surface area contributed by atoms with Crippen LogP contribution in [0.5, 0.6) is 0 Å². The highest BCUT2D eigenvalue weighted by atomic mass is 35.5. The summed E-state index contributed by atoms with van der Waals surface area (Å²) >= 11 is 6.06. The number of anilines is 1. The average Bonchev–Trinajstić information content (AvgIpc) is 2.39. The summed E-state index contributed by atoms with van der Waals surface area (Å²) in [6, 6.07) is 2.24. The summed E-state index contributed by atoms with van der Waals surface area (Å²) in [5.41, 5.74) is 5.68. The number of carboxylic acid groups (broad SMARTS) is 1. The third-order valence-electron chi connectivity index (χ3n) is 3.07. The topological polar surface area (TPSA) is 127 Å². The molecule has 1 heterocycles. The molecule has 1 aromatic carbocycles. The van der Waals surface area contributed by atoms with Crippen LogP contribution in [0.15, 0.2) is 16.9 Å². The zero-order valence-electron chi connectivity index (χ0n) is 11.6. The number of amides is 2. The lowest BCUT2D eigenvalue weighted by molar-refractivity contribution is -0.137. The van der Waals surface area contributed by atoms with E-state index < -0.39 is 17.7 Å². The molecule has 9 heteroatoms. The van der Waals surface area contributed by atoms with E-state index in [1.807, 2.05) is 0 Å². The molecule has 4 N–H and O–H groups in total. The van der Waals surface area contributed by atoms with Gasteiger partial charge in [0, 0.05) is 11.9 Å². The van der Waals surface area contributed by atoms with Crippen molar-refractivity contribution in [1.29, 1.82) is 0 Å². The van der Waals surface area contributed by atoms with Gasteiger partial charge in [-0.25, -0.2) is 9.59 Å². The van der Waals surface area contributed by atoms with Crippen LogP contribution in [-0.2, 0) is 11.3 Å². The van der Waals surface area contributed by atoms with E-state index in [-0.39, 0.29) is 23.7 Å². The molecule has 0 aliphatic heterocycles. The van der Waals surface area contributed by atoms with Crippen LogP contribution in [0, 0.1) is 6.92 Å². The molecule has 2 aromatic rings. The smallest absolute Gasteiger partial charge is 0.348 e. The molecule has 0 radical (unpaired) electrons. The minimum absolute atomic E-state index is 0.0309. The summed E-state index contributed by atoms with van der Waals surface area (Å²) < 4.78 is 1.23. The minimum Gasteiger partial charge on any atom is -0.481 e. The fraction of sp³-hybridized carbons (Fsp3) is 0.231. The first kappa shape index (κ1) is 15.8. The molecule has 0 aliphatic carbocycles. The van der Waals surface area contributed by atoms with Crippen molar-refractivity contribution in [2.75, 3.05) is 5.32 Å². The molecule has 0 atom stereocenters. The lowest BCUT2D eigenvalue weighted by atomic mass is 10.1. The second-order valence-corrected chi connectivity index (χ2v) is 5.02. The molecule has 0 bridgehead atoms. The Labute approximate surface area is 129 Å². The number of hydrogen-bond donors (Lipinski definition) is 3. The summed E-state index contributed by atoms with van der Waals surface area (Å²) in [5, 5.41) is 11.9. The van der Waals surface area contributed by atoms with Gasteiger partial charge < -0.3 is 16.2 Å². The Morgan fingerprint density at radius 1 is 1.45 bits per heavy atom. The summed E-state index contributed by atoms with van der Waals surface area (Å²) in [6.45, 7) is 1.60. The number of nitrogens with one attached hydrogen (secondary N) is 1. The lowest BCUT2D eigenvalue weighted by Gasteiger charge is -2.13. The van der Waals surface area contributed by atoms with E-state index in [2.05, 4.69) is 10.3 Å². The Morgan fingerprint density at radius 2 is 2.14 bits per heavy atom. The molecule has 0 saturated carbocycles. The SMILES string of the molecule is Cc1nc(=O)n(CCC(=O)O)c2cc(Cl)c(NC(N)=O)cc12. The van der Waals surface area contributed by atoms with Gasteiger partial charge in [-0.05, 0) is 19.1 Å². The number of nitrogens with zero attached hydrogens (tertiary/aromatic N) is 2. The number of aliphatic carboxylic acids is 1.